The van der Waals surface area contributed by atoms with Gasteiger partial charge in [0.15, 0.2) is 0 Å². The molecular formula is C19H21F3N2. The number of hydrogen-bond acceptors (Lipinski definition) is 2. The fraction of sp³-hybridized carbons (Fsp3) is 0.368. The SMILES string of the molecule is FC(F)(F)c1ccccc1[C@H](c1ccccc1)N1CCCNCC1. The van der Waals surface area contributed by atoms with Crippen LogP contribution in [-0.2, 0) is 6.18 Å². The average molecular weight is 334 g/mol. The molecule has 0 bridgehead atoms. The summed E-state index contributed by atoms with van der Waals surface area (Å²) in [6, 6.07) is 15.0. The van der Waals surface area contributed by atoms with Crippen LogP contribution in [0.1, 0.15) is 29.2 Å². The summed E-state index contributed by atoms with van der Waals surface area (Å²) in [5, 5.41) is 3.32. The number of nitrogens with zero attached hydrogens (tertiary/aromatic N) is 1. The summed E-state index contributed by atoms with van der Waals surface area (Å²) in [7, 11) is 0. The Morgan fingerprint density at radius 3 is 2.33 bits per heavy atom. The van der Waals surface area contributed by atoms with Gasteiger partial charge in [0.2, 0.25) is 0 Å². The maximum absolute atomic E-state index is 13.5. The Balaban J connectivity index is 2.08. The standard InChI is InChI=1S/C19H21F3N2/c20-19(21,22)17-10-5-4-9-16(17)18(15-7-2-1-3-8-15)24-13-6-11-23-12-14-24/h1-5,7-10,18,23H,6,11-14H2/t18-/m0/s1. The fourth-order valence-corrected chi connectivity index (χ4v) is 3.34. The Morgan fingerprint density at radius 1 is 0.875 bits per heavy atom. The minimum absolute atomic E-state index is 0.332. The van der Waals surface area contributed by atoms with Crippen LogP contribution in [-0.4, -0.2) is 31.1 Å². The highest BCUT2D eigenvalue weighted by atomic mass is 19.4. The molecule has 1 aliphatic heterocycles. The van der Waals surface area contributed by atoms with E-state index in [9.17, 15) is 13.2 Å². The number of nitrogens with one attached hydrogen (secondary N) is 1. The quantitative estimate of drug-likeness (QED) is 0.909. The molecule has 0 saturated carbocycles. The summed E-state index contributed by atoms with van der Waals surface area (Å²) in [5.41, 5.74) is 0.685. The number of benzene rings is 2. The maximum Gasteiger partial charge on any atom is 0.416 e. The summed E-state index contributed by atoms with van der Waals surface area (Å²) in [4.78, 5) is 2.15. The van der Waals surface area contributed by atoms with E-state index in [-0.39, 0.29) is 6.04 Å². The second kappa shape index (κ2) is 7.36. The largest absolute Gasteiger partial charge is 0.416 e. The first-order chi connectivity index (χ1) is 11.6. The third kappa shape index (κ3) is 3.79. The Labute approximate surface area is 140 Å². The van der Waals surface area contributed by atoms with Gasteiger partial charge in [-0.05, 0) is 30.2 Å². The van der Waals surface area contributed by atoms with Crippen molar-refractivity contribution in [2.75, 3.05) is 26.2 Å². The lowest BCUT2D eigenvalue weighted by atomic mass is 9.92. The Kier molecular flexibility index (Phi) is 5.21. The van der Waals surface area contributed by atoms with E-state index < -0.39 is 11.7 Å². The molecule has 0 radical (unpaired) electrons. The number of rotatable bonds is 3. The first-order valence-electron chi connectivity index (χ1n) is 8.23. The molecule has 1 heterocycles. The van der Waals surface area contributed by atoms with Crippen LogP contribution in [0.25, 0.3) is 0 Å². The molecule has 0 aromatic heterocycles. The molecule has 1 aliphatic rings. The summed E-state index contributed by atoms with van der Waals surface area (Å²) < 4.78 is 40.6. The zero-order valence-corrected chi connectivity index (χ0v) is 13.4. The minimum atomic E-state index is -4.35. The third-order valence-electron chi connectivity index (χ3n) is 4.42. The Hall–Kier alpha value is -1.85. The fourth-order valence-electron chi connectivity index (χ4n) is 3.34. The number of halogens is 3. The van der Waals surface area contributed by atoms with Crippen molar-refractivity contribution in [2.24, 2.45) is 0 Å². The van der Waals surface area contributed by atoms with Gasteiger partial charge in [-0.3, -0.25) is 4.90 Å². The van der Waals surface area contributed by atoms with Gasteiger partial charge >= 0.3 is 6.18 Å². The second-order valence-corrected chi connectivity index (χ2v) is 6.04. The molecule has 24 heavy (non-hydrogen) atoms. The van der Waals surface area contributed by atoms with E-state index in [1.807, 2.05) is 30.3 Å². The van der Waals surface area contributed by atoms with E-state index in [1.165, 1.54) is 12.1 Å². The van der Waals surface area contributed by atoms with Gasteiger partial charge in [-0.15, -0.1) is 0 Å². The normalized spacial score (nSPS) is 18.1. The highest BCUT2D eigenvalue weighted by Gasteiger charge is 2.36. The van der Waals surface area contributed by atoms with Crippen LogP contribution in [0, 0.1) is 0 Å². The van der Waals surface area contributed by atoms with Gasteiger partial charge in [-0.1, -0.05) is 48.5 Å². The van der Waals surface area contributed by atoms with Gasteiger partial charge in [0, 0.05) is 19.6 Å². The molecule has 1 saturated heterocycles. The van der Waals surface area contributed by atoms with E-state index in [4.69, 9.17) is 0 Å². The van der Waals surface area contributed by atoms with Gasteiger partial charge in [0.25, 0.3) is 0 Å². The van der Waals surface area contributed by atoms with Gasteiger partial charge in [-0.2, -0.15) is 13.2 Å². The first kappa shape index (κ1) is 17.0. The molecule has 2 nitrogen and oxygen atoms in total. The molecule has 2 aromatic rings. The van der Waals surface area contributed by atoms with Crippen LogP contribution in [0.5, 0.6) is 0 Å². The predicted molar refractivity (Wildman–Crippen MR) is 88.8 cm³/mol. The average Bonchev–Trinajstić information content (AvgIpc) is 2.85. The van der Waals surface area contributed by atoms with E-state index in [1.54, 1.807) is 12.1 Å². The van der Waals surface area contributed by atoms with Crippen LogP contribution < -0.4 is 5.32 Å². The number of hydrogen-bond donors (Lipinski definition) is 1. The molecule has 1 atom stereocenters. The smallest absolute Gasteiger partial charge is 0.315 e. The van der Waals surface area contributed by atoms with Gasteiger partial charge < -0.3 is 5.32 Å². The zero-order chi connectivity index (χ0) is 17.0. The molecule has 3 rings (SSSR count). The van der Waals surface area contributed by atoms with Crippen molar-refractivity contribution >= 4 is 0 Å². The molecule has 1 fully saturated rings. The van der Waals surface area contributed by atoms with Crippen molar-refractivity contribution in [3.8, 4) is 0 Å². The lowest BCUT2D eigenvalue weighted by Crippen LogP contribution is -2.34. The van der Waals surface area contributed by atoms with Crippen molar-refractivity contribution in [1.82, 2.24) is 10.2 Å². The Morgan fingerprint density at radius 2 is 1.58 bits per heavy atom. The molecule has 1 N–H and O–H groups in total. The monoisotopic (exact) mass is 334 g/mol. The summed E-state index contributed by atoms with van der Waals surface area (Å²) >= 11 is 0. The molecular weight excluding hydrogens is 313 g/mol. The van der Waals surface area contributed by atoms with Crippen molar-refractivity contribution in [3.63, 3.8) is 0 Å². The third-order valence-corrected chi connectivity index (χ3v) is 4.42. The molecule has 128 valence electrons. The highest BCUT2D eigenvalue weighted by molar-refractivity contribution is 5.39. The van der Waals surface area contributed by atoms with Crippen LogP contribution in [0.3, 0.4) is 0 Å². The van der Waals surface area contributed by atoms with E-state index in [0.717, 1.165) is 38.2 Å². The summed E-state index contributed by atoms with van der Waals surface area (Å²) in [6.07, 6.45) is -3.43. The van der Waals surface area contributed by atoms with Crippen molar-refractivity contribution in [2.45, 2.75) is 18.6 Å². The Bertz CT molecular complexity index is 647. The van der Waals surface area contributed by atoms with Crippen LogP contribution >= 0.6 is 0 Å². The molecule has 2 aromatic carbocycles. The zero-order valence-electron chi connectivity index (χ0n) is 13.4. The van der Waals surface area contributed by atoms with Crippen LogP contribution in [0.2, 0.25) is 0 Å². The molecule has 5 heteroatoms. The summed E-state index contributed by atoms with van der Waals surface area (Å²) in [6.45, 7) is 3.20. The van der Waals surface area contributed by atoms with E-state index in [2.05, 4.69) is 10.2 Å². The van der Waals surface area contributed by atoms with Gasteiger partial charge in [0.1, 0.15) is 0 Å². The van der Waals surface area contributed by atoms with Crippen molar-refractivity contribution in [1.29, 1.82) is 0 Å². The van der Waals surface area contributed by atoms with Crippen molar-refractivity contribution in [3.05, 3.63) is 71.3 Å². The molecule has 0 aliphatic carbocycles. The van der Waals surface area contributed by atoms with Crippen LogP contribution in [0.4, 0.5) is 13.2 Å². The van der Waals surface area contributed by atoms with Gasteiger partial charge in [0.05, 0.1) is 11.6 Å². The van der Waals surface area contributed by atoms with Crippen LogP contribution in [0.15, 0.2) is 54.6 Å². The summed E-state index contributed by atoms with van der Waals surface area (Å²) in [5.74, 6) is 0. The predicted octanol–water partition coefficient (Wildman–Crippen LogP) is 4.09. The number of alkyl halides is 3. The topological polar surface area (TPSA) is 15.3 Å². The van der Waals surface area contributed by atoms with Crippen molar-refractivity contribution < 1.29 is 13.2 Å². The first-order valence-corrected chi connectivity index (χ1v) is 8.23. The lowest BCUT2D eigenvalue weighted by molar-refractivity contribution is -0.138. The molecule has 0 amide bonds. The van der Waals surface area contributed by atoms with E-state index >= 15 is 0 Å². The maximum atomic E-state index is 13.5. The highest BCUT2D eigenvalue weighted by Crippen LogP contribution is 2.39. The molecule has 0 unspecified atom stereocenters. The van der Waals surface area contributed by atoms with Gasteiger partial charge in [-0.25, -0.2) is 0 Å². The van der Waals surface area contributed by atoms with E-state index in [0.29, 0.717) is 5.56 Å². The molecule has 0 spiro atoms. The minimum Gasteiger partial charge on any atom is -0.315 e. The second-order valence-electron chi connectivity index (χ2n) is 6.04. The lowest BCUT2D eigenvalue weighted by Gasteiger charge is -2.33.